The lowest BCUT2D eigenvalue weighted by Gasteiger charge is -2.09. The van der Waals surface area contributed by atoms with Gasteiger partial charge < -0.3 is 10.1 Å². The van der Waals surface area contributed by atoms with Crippen LogP contribution in [0.4, 0.5) is 0 Å². The summed E-state index contributed by atoms with van der Waals surface area (Å²) in [4.78, 5) is 23.5. The summed E-state index contributed by atoms with van der Waals surface area (Å²) in [6, 6.07) is 26.8. The number of carbonyl (C=O) groups is 2. The molecule has 0 aliphatic heterocycles. The first kappa shape index (κ1) is 21.1. The quantitative estimate of drug-likeness (QED) is 0.410. The van der Waals surface area contributed by atoms with Gasteiger partial charge in [0.1, 0.15) is 5.75 Å². The molecule has 6 heteroatoms. The lowest BCUT2D eigenvalue weighted by Crippen LogP contribution is -2.28. The van der Waals surface area contributed by atoms with Gasteiger partial charge in [-0.15, -0.1) is 0 Å². The molecule has 1 N–H and O–H groups in total. The molecule has 1 aromatic heterocycles. The van der Waals surface area contributed by atoms with Crippen molar-refractivity contribution in [2.75, 3.05) is 6.61 Å². The number of carbonyl (C=O) groups excluding carboxylic acids is 2. The molecule has 0 unspecified atom stereocenters. The van der Waals surface area contributed by atoms with Crippen LogP contribution in [0.5, 0.6) is 5.75 Å². The zero-order valence-corrected chi connectivity index (χ0v) is 17.5. The minimum atomic E-state index is -0.277. The lowest BCUT2D eigenvalue weighted by atomic mass is 10.1. The maximum atomic E-state index is 12.4. The van der Waals surface area contributed by atoms with Crippen LogP contribution in [-0.2, 0) is 17.9 Å². The number of aldehydes is 1. The van der Waals surface area contributed by atoms with Gasteiger partial charge in [0.25, 0.3) is 5.91 Å². The summed E-state index contributed by atoms with van der Waals surface area (Å²) in [6.07, 6.45) is 2.67. The van der Waals surface area contributed by atoms with E-state index in [2.05, 4.69) is 17.4 Å². The van der Waals surface area contributed by atoms with Crippen LogP contribution in [0.3, 0.4) is 0 Å². The van der Waals surface area contributed by atoms with Gasteiger partial charge in [-0.3, -0.25) is 14.3 Å². The van der Waals surface area contributed by atoms with E-state index < -0.39 is 0 Å². The normalized spacial score (nSPS) is 10.5. The predicted octanol–water partition coefficient (Wildman–Crippen LogP) is 4.11. The van der Waals surface area contributed by atoms with Gasteiger partial charge in [0.05, 0.1) is 17.8 Å². The van der Waals surface area contributed by atoms with Crippen molar-refractivity contribution >= 4 is 12.2 Å². The third-order valence-corrected chi connectivity index (χ3v) is 4.95. The molecule has 0 spiro atoms. The average molecular weight is 425 g/mol. The van der Waals surface area contributed by atoms with E-state index in [9.17, 15) is 9.59 Å². The second-order valence-corrected chi connectivity index (χ2v) is 7.27. The van der Waals surface area contributed by atoms with Gasteiger partial charge in [-0.25, -0.2) is 0 Å². The Hall–Kier alpha value is -4.19. The summed E-state index contributed by atoms with van der Waals surface area (Å²) < 4.78 is 7.40. The second kappa shape index (κ2) is 10.2. The van der Waals surface area contributed by atoms with Crippen LogP contribution >= 0.6 is 0 Å². The highest BCUT2D eigenvalue weighted by Crippen LogP contribution is 2.22. The van der Waals surface area contributed by atoms with Crippen molar-refractivity contribution in [1.29, 1.82) is 0 Å². The number of aromatic nitrogens is 2. The Morgan fingerprint density at radius 1 is 0.938 bits per heavy atom. The molecule has 6 nitrogen and oxygen atoms in total. The molecule has 0 saturated carbocycles. The van der Waals surface area contributed by atoms with E-state index in [0.29, 0.717) is 30.7 Å². The Morgan fingerprint density at radius 2 is 1.62 bits per heavy atom. The van der Waals surface area contributed by atoms with Crippen LogP contribution in [0, 0.1) is 0 Å². The van der Waals surface area contributed by atoms with Gasteiger partial charge in [0.15, 0.2) is 12.9 Å². The molecule has 0 fully saturated rings. The number of para-hydroxylation sites is 1. The Kier molecular flexibility index (Phi) is 6.72. The summed E-state index contributed by atoms with van der Waals surface area (Å²) in [5.41, 5.74) is 4.28. The van der Waals surface area contributed by atoms with Crippen molar-refractivity contribution in [3.05, 3.63) is 108 Å². The van der Waals surface area contributed by atoms with Crippen LogP contribution in [-0.4, -0.2) is 28.6 Å². The number of amides is 1. The van der Waals surface area contributed by atoms with E-state index in [1.54, 1.807) is 24.3 Å². The third-order valence-electron chi connectivity index (χ3n) is 4.95. The van der Waals surface area contributed by atoms with Gasteiger partial charge in [-0.2, -0.15) is 5.10 Å². The monoisotopic (exact) mass is 425 g/mol. The second-order valence-electron chi connectivity index (χ2n) is 7.27. The summed E-state index contributed by atoms with van der Waals surface area (Å²) in [7, 11) is 0. The highest BCUT2D eigenvalue weighted by atomic mass is 16.5. The molecule has 32 heavy (non-hydrogen) atoms. The van der Waals surface area contributed by atoms with Gasteiger partial charge in [-0.1, -0.05) is 72.8 Å². The number of hydrogen-bond acceptors (Lipinski definition) is 4. The summed E-state index contributed by atoms with van der Waals surface area (Å²) in [5.74, 6) is 0.110. The maximum absolute atomic E-state index is 12.4. The number of ether oxygens (including phenoxy) is 1. The SMILES string of the molecule is O=Cc1ccccc1OCC(=O)NCc1cn(Cc2ccccc2)nc1-c1ccccc1. The Labute approximate surface area is 186 Å². The van der Waals surface area contributed by atoms with Crippen LogP contribution < -0.4 is 10.1 Å². The van der Waals surface area contributed by atoms with Gasteiger partial charge in [-0.05, 0) is 17.7 Å². The average Bonchev–Trinajstić information content (AvgIpc) is 3.25. The number of nitrogens with zero attached hydrogens (tertiary/aromatic N) is 2. The molecule has 160 valence electrons. The third kappa shape index (κ3) is 5.29. The number of nitrogens with one attached hydrogen (secondary N) is 1. The molecular weight excluding hydrogens is 402 g/mol. The van der Waals surface area contributed by atoms with Crippen LogP contribution in [0.15, 0.2) is 91.1 Å². The van der Waals surface area contributed by atoms with Crippen molar-refractivity contribution in [2.24, 2.45) is 0 Å². The van der Waals surface area contributed by atoms with E-state index >= 15 is 0 Å². The molecule has 3 aromatic carbocycles. The predicted molar refractivity (Wildman–Crippen MR) is 122 cm³/mol. The summed E-state index contributed by atoms with van der Waals surface area (Å²) in [6.45, 7) is 0.778. The largest absolute Gasteiger partial charge is 0.483 e. The Balaban J connectivity index is 1.45. The smallest absolute Gasteiger partial charge is 0.258 e. The van der Waals surface area contributed by atoms with E-state index in [1.807, 2.05) is 59.4 Å². The first-order chi connectivity index (χ1) is 15.7. The molecule has 1 heterocycles. The minimum Gasteiger partial charge on any atom is -0.483 e. The first-order valence-electron chi connectivity index (χ1n) is 10.3. The highest BCUT2D eigenvalue weighted by Gasteiger charge is 2.13. The molecule has 0 aliphatic carbocycles. The number of hydrogen-bond donors (Lipinski definition) is 1. The fourth-order valence-corrected chi connectivity index (χ4v) is 3.38. The molecule has 1 amide bonds. The topological polar surface area (TPSA) is 73.2 Å². The minimum absolute atomic E-state index is 0.177. The molecule has 4 aromatic rings. The maximum Gasteiger partial charge on any atom is 0.258 e. The summed E-state index contributed by atoms with van der Waals surface area (Å²) >= 11 is 0. The lowest BCUT2D eigenvalue weighted by molar-refractivity contribution is -0.123. The Morgan fingerprint density at radius 3 is 2.38 bits per heavy atom. The molecule has 0 radical (unpaired) electrons. The zero-order chi connectivity index (χ0) is 22.2. The fourth-order valence-electron chi connectivity index (χ4n) is 3.38. The standard InChI is InChI=1S/C26H23N3O3/c30-18-22-13-7-8-14-24(22)32-19-25(31)27-15-23-17-29(16-20-9-3-1-4-10-20)28-26(23)21-11-5-2-6-12-21/h1-14,17-18H,15-16,19H2,(H,27,31). The molecule has 0 bridgehead atoms. The highest BCUT2D eigenvalue weighted by molar-refractivity contribution is 5.81. The van der Waals surface area contributed by atoms with E-state index in [1.165, 1.54) is 0 Å². The van der Waals surface area contributed by atoms with Crippen molar-refractivity contribution in [2.45, 2.75) is 13.1 Å². The molecule has 0 saturated heterocycles. The Bertz CT molecular complexity index is 1190. The fraction of sp³-hybridized carbons (Fsp3) is 0.115. The van der Waals surface area contributed by atoms with Gasteiger partial charge >= 0.3 is 0 Å². The molecule has 4 rings (SSSR count). The van der Waals surface area contributed by atoms with Crippen molar-refractivity contribution in [1.82, 2.24) is 15.1 Å². The first-order valence-corrected chi connectivity index (χ1v) is 10.3. The zero-order valence-electron chi connectivity index (χ0n) is 17.5. The van der Waals surface area contributed by atoms with Gasteiger partial charge in [0.2, 0.25) is 0 Å². The van der Waals surface area contributed by atoms with Crippen molar-refractivity contribution in [3.8, 4) is 17.0 Å². The van der Waals surface area contributed by atoms with E-state index in [-0.39, 0.29) is 12.5 Å². The van der Waals surface area contributed by atoms with Crippen molar-refractivity contribution in [3.63, 3.8) is 0 Å². The van der Waals surface area contributed by atoms with Gasteiger partial charge in [0, 0.05) is 23.9 Å². The molecule has 0 aliphatic rings. The molecule has 0 atom stereocenters. The van der Waals surface area contributed by atoms with Crippen molar-refractivity contribution < 1.29 is 14.3 Å². The van der Waals surface area contributed by atoms with Crippen LogP contribution in [0.25, 0.3) is 11.3 Å². The molecular formula is C26H23N3O3. The van der Waals surface area contributed by atoms with E-state index in [0.717, 1.165) is 22.4 Å². The van der Waals surface area contributed by atoms with E-state index in [4.69, 9.17) is 9.84 Å². The summed E-state index contributed by atoms with van der Waals surface area (Å²) in [5, 5.41) is 7.65. The van der Waals surface area contributed by atoms with Crippen LogP contribution in [0.2, 0.25) is 0 Å². The number of rotatable bonds is 9. The number of benzene rings is 3. The van der Waals surface area contributed by atoms with Crippen LogP contribution in [0.1, 0.15) is 21.5 Å².